The van der Waals surface area contributed by atoms with Gasteiger partial charge in [-0.2, -0.15) is 0 Å². The maximum absolute atomic E-state index is 6.40. The molecule has 3 heteroatoms. The molecule has 0 saturated carbocycles. The molecule has 0 aliphatic heterocycles. The summed E-state index contributed by atoms with van der Waals surface area (Å²) in [5.41, 5.74) is 11.1. The van der Waals surface area contributed by atoms with E-state index in [0.717, 1.165) is 38.8 Å². The van der Waals surface area contributed by atoms with Crippen LogP contribution in [0.15, 0.2) is 162 Å². The first-order chi connectivity index (χ1) is 22.3. The lowest BCUT2D eigenvalue weighted by molar-refractivity contribution is 0.669. The summed E-state index contributed by atoms with van der Waals surface area (Å²) in [6.07, 6.45) is 0. The summed E-state index contributed by atoms with van der Waals surface area (Å²) in [5, 5.41) is 7.25. The highest BCUT2D eigenvalue weighted by atomic mass is 16.3. The second-order valence-corrected chi connectivity index (χ2v) is 11.7. The third-order valence-corrected chi connectivity index (χ3v) is 9.33. The molecular formula is C42H26N2O. The van der Waals surface area contributed by atoms with E-state index in [0.29, 0.717) is 0 Å². The summed E-state index contributed by atoms with van der Waals surface area (Å²) >= 11 is 0. The zero-order valence-electron chi connectivity index (χ0n) is 24.3. The molecule has 10 aromatic rings. The van der Waals surface area contributed by atoms with Gasteiger partial charge in [0.25, 0.3) is 0 Å². The molecule has 0 bridgehead atoms. The molecule has 3 nitrogen and oxygen atoms in total. The summed E-state index contributed by atoms with van der Waals surface area (Å²) in [6, 6.07) is 56.5. The van der Waals surface area contributed by atoms with Crippen LogP contribution in [-0.4, -0.2) is 9.13 Å². The molecule has 3 heterocycles. The highest BCUT2D eigenvalue weighted by molar-refractivity contribution is 6.17. The Morgan fingerprint density at radius 1 is 0.311 bits per heavy atom. The zero-order valence-corrected chi connectivity index (χ0v) is 24.3. The Kier molecular flexibility index (Phi) is 5.00. The standard InChI is InChI=1S/C42H26N2O/c1-7-19-35-27(13-1)28-14-2-8-20-36(28)43(35)37-21-9-3-15-29(37)30-16-4-10-22-38(30)44-39-23-11-5-17-31(39)33-25-34-32-18-6-12-24-41(32)45-42(34)26-40(33)44/h1-26H. The van der Waals surface area contributed by atoms with Crippen LogP contribution in [0.1, 0.15) is 0 Å². The first-order valence-electron chi connectivity index (χ1n) is 15.4. The van der Waals surface area contributed by atoms with Gasteiger partial charge in [0.2, 0.25) is 0 Å². The highest BCUT2D eigenvalue weighted by Gasteiger charge is 2.20. The quantitative estimate of drug-likeness (QED) is 0.206. The molecule has 10 rings (SSSR count). The number of para-hydroxylation sites is 6. The summed E-state index contributed by atoms with van der Waals surface area (Å²) in [7, 11) is 0. The topological polar surface area (TPSA) is 23.0 Å². The maximum Gasteiger partial charge on any atom is 0.137 e. The van der Waals surface area contributed by atoms with Gasteiger partial charge in [-0.1, -0.05) is 109 Å². The molecular weight excluding hydrogens is 548 g/mol. The lowest BCUT2D eigenvalue weighted by Crippen LogP contribution is -2.01. The van der Waals surface area contributed by atoms with Crippen LogP contribution in [0.3, 0.4) is 0 Å². The molecule has 0 N–H and O–H groups in total. The van der Waals surface area contributed by atoms with Crippen LogP contribution in [0, 0.1) is 0 Å². The molecule has 0 aliphatic rings. The Labute approximate surface area is 258 Å². The number of fused-ring (bicyclic) bond motifs is 9. The van der Waals surface area contributed by atoms with E-state index in [4.69, 9.17) is 4.42 Å². The van der Waals surface area contributed by atoms with E-state index >= 15 is 0 Å². The number of furan rings is 1. The molecule has 0 spiro atoms. The van der Waals surface area contributed by atoms with Crippen molar-refractivity contribution in [2.45, 2.75) is 0 Å². The predicted octanol–water partition coefficient (Wildman–Crippen LogP) is 11.4. The van der Waals surface area contributed by atoms with Gasteiger partial charge in [-0.05, 0) is 42.5 Å². The molecule has 210 valence electrons. The van der Waals surface area contributed by atoms with Gasteiger partial charge in [0, 0.05) is 49.5 Å². The van der Waals surface area contributed by atoms with Crippen molar-refractivity contribution in [3.05, 3.63) is 158 Å². The van der Waals surface area contributed by atoms with E-state index in [1.807, 2.05) is 12.1 Å². The van der Waals surface area contributed by atoms with Crippen LogP contribution < -0.4 is 0 Å². The Hall–Kier alpha value is -6.06. The fraction of sp³-hybridized carbons (Fsp3) is 0. The van der Waals surface area contributed by atoms with E-state index in [1.165, 1.54) is 49.2 Å². The van der Waals surface area contributed by atoms with Gasteiger partial charge in [-0.3, -0.25) is 0 Å². The zero-order chi connectivity index (χ0) is 29.5. The van der Waals surface area contributed by atoms with Crippen LogP contribution in [0.2, 0.25) is 0 Å². The maximum atomic E-state index is 6.40. The summed E-state index contributed by atoms with van der Waals surface area (Å²) in [6.45, 7) is 0. The Bertz CT molecular complexity index is 2720. The number of hydrogen-bond acceptors (Lipinski definition) is 1. The molecule has 0 aliphatic carbocycles. The van der Waals surface area contributed by atoms with Crippen LogP contribution in [-0.2, 0) is 0 Å². The molecule has 0 unspecified atom stereocenters. The number of benzene rings is 7. The number of rotatable bonds is 3. The molecule has 0 atom stereocenters. The average molecular weight is 575 g/mol. The number of aromatic nitrogens is 2. The fourth-order valence-electron chi connectivity index (χ4n) is 7.42. The Balaban J connectivity index is 1.29. The second kappa shape index (κ2) is 9.22. The molecule has 0 saturated heterocycles. The van der Waals surface area contributed by atoms with E-state index in [9.17, 15) is 0 Å². The van der Waals surface area contributed by atoms with E-state index in [1.54, 1.807) is 0 Å². The van der Waals surface area contributed by atoms with Gasteiger partial charge >= 0.3 is 0 Å². The van der Waals surface area contributed by atoms with Crippen molar-refractivity contribution in [3.63, 3.8) is 0 Å². The monoisotopic (exact) mass is 574 g/mol. The summed E-state index contributed by atoms with van der Waals surface area (Å²) < 4.78 is 11.2. The second-order valence-electron chi connectivity index (χ2n) is 11.7. The summed E-state index contributed by atoms with van der Waals surface area (Å²) in [5.74, 6) is 0. The Morgan fingerprint density at radius 3 is 1.36 bits per heavy atom. The molecule has 45 heavy (non-hydrogen) atoms. The van der Waals surface area contributed by atoms with Crippen LogP contribution in [0.5, 0.6) is 0 Å². The van der Waals surface area contributed by atoms with Gasteiger partial charge < -0.3 is 13.6 Å². The van der Waals surface area contributed by atoms with Gasteiger partial charge in [-0.15, -0.1) is 0 Å². The van der Waals surface area contributed by atoms with E-state index in [-0.39, 0.29) is 0 Å². The third kappa shape index (κ3) is 3.41. The van der Waals surface area contributed by atoms with Crippen molar-refractivity contribution in [3.8, 4) is 22.5 Å². The third-order valence-electron chi connectivity index (χ3n) is 9.33. The molecule has 7 aromatic carbocycles. The van der Waals surface area contributed by atoms with Gasteiger partial charge in [0.1, 0.15) is 11.2 Å². The molecule has 3 aromatic heterocycles. The van der Waals surface area contributed by atoms with Gasteiger partial charge in [-0.25, -0.2) is 0 Å². The minimum absolute atomic E-state index is 0.899. The van der Waals surface area contributed by atoms with Crippen LogP contribution in [0.4, 0.5) is 0 Å². The minimum atomic E-state index is 0.899. The first-order valence-corrected chi connectivity index (χ1v) is 15.4. The molecule has 0 amide bonds. The Morgan fingerprint density at radius 2 is 0.756 bits per heavy atom. The van der Waals surface area contributed by atoms with Crippen molar-refractivity contribution >= 4 is 65.6 Å². The van der Waals surface area contributed by atoms with Crippen molar-refractivity contribution in [1.82, 2.24) is 9.13 Å². The van der Waals surface area contributed by atoms with Crippen molar-refractivity contribution < 1.29 is 4.42 Å². The van der Waals surface area contributed by atoms with Crippen molar-refractivity contribution in [2.75, 3.05) is 0 Å². The van der Waals surface area contributed by atoms with Crippen LogP contribution >= 0.6 is 0 Å². The molecule has 0 fully saturated rings. The van der Waals surface area contributed by atoms with Crippen LogP contribution in [0.25, 0.3) is 88.1 Å². The van der Waals surface area contributed by atoms with E-state index < -0.39 is 0 Å². The minimum Gasteiger partial charge on any atom is -0.456 e. The highest BCUT2D eigenvalue weighted by Crippen LogP contribution is 2.42. The van der Waals surface area contributed by atoms with Crippen molar-refractivity contribution in [1.29, 1.82) is 0 Å². The lowest BCUT2D eigenvalue weighted by Gasteiger charge is -2.18. The average Bonchev–Trinajstić information content (AvgIpc) is 3.74. The normalized spacial score (nSPS) is 12.0. The number of nitrogens with zero attached hydrogens (tertiary/aromatic N) is 2. The predicted molar refractivity (Wildman–Crippen MR) is 188 cm³/mol. The SMILES string of the molecule is c1ccc(-n2c3ccccc3c3ccccc32)c(-c2ccccc2-n2c3ccccc3c3cc4c(cc32)oc2ccccc24)c1. The van der Waals surface area contributed by atoms with E-state index in [2.05, 4.69) is 155 Å². The lowest BCUT2D eigenvalue weighted by atomic mass is 10.0. The first kappa shape index (κ1) is 24.4. The number of hydrogen-bond donors (Lipinski definition) is 0. The molecule has 0 radical (unpaired) electrons. The smallest absolute Gasteiger partial charge is 0.137 e. The fourth-order valence-corrected chi connectivity index (χ4v) is 7.42. The van der Waals surface area contributed by atoms with Gasteiger partial charge in [0.15, 0.2) is 0 Å². The van der Waals surface area contributed by atoms with Crippen molar-refractivity contribution in [2.24, 2.45) is 0 Å². The largest absolute Gasteiger partial charge is 0.456 e. The summed E-state index contributed by atoms with van der Waals surface area (Å²) in [4.78, 5) is 0. The van der Waals surface area contributed by atoms with Gasteiger partial charge in [0.05, 0.1) is 33.4 Å².